The summed E-state index contributed by atoms with van der Waals surface area (Å²) in [5.74, 6) is 1.00. The fraction of sp³-hybridized carbons (Fsp3) is 0.323. The first-order valence-electron chi connectivity index (χ1n) is 24.5. The Morgan fingerprint density at radius 1 is 0.632 bits per heavy atom. The topological polar surface area (TPSA) is 50.9 Å². The maximum absolute atomic E-state index is 12.7. The maximum Gasteiger partial charge on any atom is 0 e. The molecule has 0 aliphatic carbocycles. The van der Waals surface area contributed by atoms with Crippen LogP contribution in [0.1, 0.15) is 111 Å². The van der Waals surface area contributed by atoms with Gasteiger partial charge in [-0.05, 0) is 0 Å². The molecule has 1 spiro atoms. The molecule has 0 saturated carbocycles. The zero-order chi connectivity index (χ0) is 47.3. The van der Waals surface area contributed by atoms with Crippen molar-refractivity contribution >= 4 is 28.7 Å². The summed E-state index contributed by atoms with van der Waals surface area (Å²) in [6, 6.07) is 50.5. The number of para-hydroxylation sites is 1. The van der Waals surface area contributed by atoms with Crippen molar-refractivity contribution < 1.29 is 26.2 Å². The van der Waals surface area contributed by atoms with E-state index in [0.29, 0.717) is 0 Å². The minimum atomic E-state index is -2.52. The number of aromatic nitrogens is 3. The molecule has 8 aromatic rings. The van der Waals surface area contributed by atoms with Crippen molar-refractivity contribution in [3.05, 3.63) is 162 Å². The number of aromatic hydroxyl groups is 1. The molecule has 10 rings (SSSR count). The zero-order valence-electron chi connectivity index (χ0n) is 41.8. The van der Waals surface area contributed by atoms with Gasteiger partial charge in [-0.3, -0.25) is 0 Å². The number of nitrogens with zero attached hydrogens (tertiary/aromatic N) is 3. The van der Waals surface area contributed by atoms with Crippen molar-refractivity contribution in [1.29, 1.82) is 0 Å². The third-order valence-electron chi connectivity index (χ3n) is 15.0. The van der Waals surface area contributed by atoms with Gasteiger partial charge >= 0.3 is 377 Å². The molecular formula is C62H66GeN3OPt-. The molecule has 6 aromatic carbocycles. The van der Waals surface area contributed by atoms with Gasteiger partial charge in [0.1, 0.15) is 0 Å². The summed E-state index contributed by atoms with van der Waals surface area (Å²) < 4.78 is 3.98. The molecule has 6 heteroatoms. The first kappa shape index (κ1) is 48.0. The van der Waals surface area contributed by atoms with E-state index in [-0.39, 0.29) is 48.5 Å². The van der Waals surface area contributed by atoms with Crippen LogP contribution in [0.25, 0.3) is 72.7 Å². The summed E-state index contributed by atoms with van der Waals surface area (Å²) in [6.07, 6.45) is 4.64. The van der Waals surface area contributed by atoms with E-state index in [9.17, 15) is 5.11 Å². The van der Waals surface area contributed by atoms with Crippen LogP contribution in [0.15, 0.2) is 134 Å². The van der Waals surface area contributed by atoms with Crippen LogP contribution in [0.2, 0.25) is 15.8 Å². The van der Waals surface area contributed by atoms with Crippen molar-refractivity contribution in [2.24, 2.45) is 0 Å². The summed E-state index contributed by atoms with van der Waals surface area (Å²) in [5.41, 5.74) is 16.8. The Balaban J connectivity index is 0.00000578. The molecule has 1 fully saturated rings. The van der Waals surface area contributed by atoms with E-state index < -0.39 is 13.3 Å². The van der Waals surface area contributed by atoms with Crippen molar-refractivity contribution in [3.8, 4) is 67.5 Å². The average Bonchev–Trinajstić information content (AvgIpc) is 3.99. The van der Waals surface area contributed by atoms with Crippen LogP contribution in [0.4, 0.5) is 0 Å². The van der Waals surface area contributed by atoms with Crippen LogP contribution in [-0.4, -0.2) is 32.9 Å². The number of benzene rings is 6. The van der Waals surface area contributed by atoms with Gasteiger partial charge in [-0.25, -0.2) is 0 Å². The number of phenols is 1. The average molecular weight is 1140 g/mol. The molecule has 0 amide bonds. The second kappa shape index (κ2) is 17.4. The van der Waals surface area contributed by atoms with E-state index in [0.717, 1.165) is 78.3 Å². The number of hydrogen-bond donors (Lipinski definition) is 1. The van der Waals surface area contributed by atoms with Crippen LogP contribution in [0.5, 0.6) is 5.75 Å². The summed E-state index contributed by atoms with van der Waals surface area (Å²) >= 11 is -2.52. The van der Waals surface area contributed by atoms with E-state index in [1.54, 1.807) is 4.40 Å². The Kier molecular flexibility index (Phi) is 12.3. The van der Waals surface area contributed by atoms with Crippen LogP contribution < -0.4 is 4.40 Å². The van der Waals surface area contributed by atoms with Crippen LogP contribution in [0.3, 0.4) is 0 Å². The summed E-state index contributed by atoms with van der Waals surface area (Å²) in [7, 11) is 0. The van der Waals surface area contributed by atoms with Gasteiger partial charge in [0.05, 0.1) is 0 Å². The van der Waals surface area contributed by atoms with E-state index in [2.05, 4.69) is 214 Å². The van der Waals surface area contributed by atoms with Gasteiger partial charge in [0.15, 0.2) is 0 Å². The van der Waals surface area contributed by atoms with Gasteiger partial charge < -0.3 is 0 Å². The Hall–Kier alpha value is -5.03. The van der Waals surface area contributed by atoms with Gasteiger partial charge in [-0.15, -0.1) is 0 Å². The molecule has 0 radical (unpaired) electrons. The van der Waals surface area contributed by atoms with Gasteiger partial charge in [-0.2, -0.15) is 0 Å². The van der Waals surface area contributed by atoms with E-state index in [4.69, 9.17) is 9.97 Å². The molecule has 2 aromatic heterocycles. The molecule has 350 valence electrons. The fourth-order valence-electron chi connectivity index (χ4n) is 11.5. The first-order chi connectivity index (χ1) is 31.7. The number of phenolic OH excluding ortho intramolecular Hbond substituents is 1. The van der Waals surface area contributed by atoms with Crippen molar-refractivity contribution in [2.75, 3.05) is 0 Å². The summed E-state index contributed by atoms with van der Waals surface area (Å²) in [4.78, 5) is 11.0. The SMILES string of the molecule is CC(C)(C)c1ccc(-n2c(-c3cc(C(C)(C)C)cc(C(C)(C)C)c3O)nc3c(-c4[c-]c(-c5cc(-c6ccccc6)ccn5)c5[c](c4)[Ge]4([CH2]CC[CH2]4)[CH2]C5(C)C)cccc32)c(-c2ccccc2)c1.[Pt]. The van der Waals surface area contributed by atoms with Crippen molar-refractivity contribution in [3.63, 3.8) is 0 Å². The molecular weight excluding hydrogens is 1070 g/mol. The standard InChI is InChI=1S/C62H66GeN3O.Pt/c1-59(2,3)44-27-28-53(47(36-44)41-23-16-13-17-24-41)66-54-26-20-25-46(56(54)65-58(66)49-37-45(60(4,5)6)38-50(57(49)67)61(7,8)9)43-33-48(52-35-42(29-32-64-52)40-21-14-12-15-22-40)55-51(34-43)63(30-18-19-31-63)39-62(55,10)11;/h12-17,20-29,32,34-38,67H,18-19,30-31,39H2,1-11H3;/q-1;. The maximum atomic E-state index is 12.7. The van der Waals surface area contributed by atoms with E-state index in [1.165, 1.54) is 45.3 Å². The van der Waals surface area contributed by atoms with Crippen LogP contribution >= 0.6 is 0 Å². The third kappa shape index (κ3) is 8.46. The third-order valence-corrected chi connectivity index (χ3v) is 27.0. The van der Waals surface area contributed by atoms with E-state index >= 15 is 0 Å². The van der Waals surface area contributed by atoms with Gasteiger partial charge in [-0.1, -0.05) is 26.8 Å². The van der Waals surface area contributed by atoms with E-state index in [1.807, 2.05) is 6.20 Å². The molecule has 2 aliphatic heterocycles. The monoisotopic (exact) mass is 1140 g/mol. The summed E-state index contributed by atoms with van der Waals surface area (Å²) in [5, 5.41) is 16.7. The number of imidazole rings is 1. The predicted octanol–water partition coefficient (Wildman–Crippen LogP) is 15.9. The molecule has 68 heavy (non-hydrogen) atoms. The first-order valence-corrected chi connectivity index (χ1v) is 30.0. The van der Waals surface area contributed by atoms with Crippen LogP contribution in [-0.2, 0) is 42.7 Å². The van der Waals surface area contributed by atoms with Crippen molar-refractivity contribution in [2.45, 2.75) is 126 Å². The Bertz CT molecular complexity index is 3190. The zero-order valence-corrected chi connectivity index (χ0v) is 46.2. The molecule has 4 heterocycles. The predicted molar refractivity (Wildman–Crippen MR) is 285 cm³/mol. The number of pyridine rings is 1. The Morgan fingerprint density at radius 3 is 1.93 bits per heavy atom. The normalized spacial score (nSPS) is 15.5. The molecule has 4 nitrogen and oxygen atoms in total. The number of hydrogen-bond acceptors (Lipinski definition) is 3. The minimum absolute atomic E-state index is 0. The van der Waals surface area contributed by atoms with Crippen LogP contribution in [0, 0.1) is 6.07 Å². The Morgan fingerprint density at radius 2 is 1.28 bits per heavy atom. The fourth-order valence-corrected chi connectivity index (χ4v) is 25.2. The van der Waals surface area contributed by atoms with Crippen molar-refractivity contribution in [1.82, 2.24) is 14.5 Å². The minimum Gasteiger partial charge on any atom is 0 e. The molecule has 1 N–H and O–H groups in total. The molecule has 0 unspecified atom stereocenters. The molecule has 1 saturated heterocycles. The Labute approximate surface area is 422 Å². The second-order valence-corrected chi connectivity index (χ2v) is 32.7. The largest absolute Gasteiger partial charge is 0 e. The van der Waals surface area contributed by atoms with Gasteiger partial charge in [0.2, 0.25) is 0 Å². The van der Waals surface area contributed by atoms with Gasteiger partial charge in [0, 0.05) is 21.1 Å². The summed E-state index contributed by atoms with van der Waals surface area (Å²) in [6.45, 7) is 25.1. The smallest absolute Gasteiger partial charge is 0 e. The van der Waals surface area contributed by atoms with Gasteiger partial charge in [0.25, 0.3) is 0 Å². The molecule has 2 aliphatic rings. The molecule has 0 bridgehead atoms. The quantitative estimate of drug-likeness (QED) is 0.133. The number of rotatable bonds is 6. The number of fused-ring (bicyclic) bond motifs is 3. The molecule has 0 atom stereocenters. The second-order valence-electron chi connectivity index (χ2n) is 23.4.